The maximum Gasteiger partial charge on any atom is 0.407 e. The summed E-state index contributed by atoms with van der Waals surface area (Å²) in [7, 11) is 0. The fourth-order valence-corrected chi connectivity index (χ4v) is 4.18. The molecule has 0 saturated heterocycles. The van der Waals surface area contributed by atoms with Crippen LogP contribution in [0, 0.1) is 11.8 Å². The first-order valence-electron chi connectivity index (χ1n) is 12.4. The highest BCUT2D eigenvalue weighted by atomic mass is 16.6. The van der Waals surface area contributed by atoms with Gasteiger partial charge in [-0.2, -0.15) is 0 Å². The van der Waals surface area contributed by atoms with Gasteiger partial charge < -0.3 is 19.5 Å². The van der Waals surface area contributed by atoms with Gasteiger partial charge >= 0.3 is 6.09 Å². The van der Waals surface area contributed by atoms with Gasteiger partial charge in [0.1, 0.15) is 30.3 Å². The van der Waals surface area contributed by atoms with Crippen LogP contribution in [0.2, 0.25) is 0 Å². The van der Waals surface area contributed by atoms with Crippen molar-refractivity contribution in [3.63, 3.8) is 0 Å². The fourth-order valence-electron chi connectivity index (χ4n) is 4.18. The second-order valence-corrected chi connectivity index (χ2v) is 10.9. The third-order valence-corrected chi connectivity index (χ3v) is 5.96. The fraction of sp³-hybridized carbons (Fsp3) is 0.556. The number of amides is 2. The van der Waals surface area contributed by atoms with Crippen molar-refractivity contribution in [3.05, 3.63) is 41.6 Å². The van der Waals surface area contributed by atoms with Crippen LogP contribution in [0.1, 0.15) is 59.4 Å². The van der Waals surface area contributed by atoms with Crippen molar-refractivity contribution < 1.29 is 23.8 Å². The maximum absolute atomic E-state index is 12.3. The van der Waals surface area contributed by atoms with Gasteiger partial charge in [-0.3, -0.25) is 15.2 Å². The zero-order valence-corrected chi connectivity index (χ0v) is 21.3. The summed E-state index contributed by atoms with van der Waals surface area (Å²) in [5, 5.41) is 4.78. The van der Waals surface area contributed by atoms with Gasteiger partial charge in [0.15, 0.2) is 0 Å². The van der Waals surface area contributed by atoms with Crippen LogP contribution < -0.4 is 20.2 Å². The molecule has 1 saturated carbocycles. The van der Waals surface area contributed by atoms with Crippen molar-refractivity contribution in [2.75, 3.05) is 19.8 Å². The van der Waals surface area contributed by atoms with Crippen molar-refractivity contribution in [1.82, 2.24) is 15.8 Å². The van der Waals surface area contributed by atoms with E-state index in [1.54, 1.807) is 0 Å². The lowest BCUT2D eigenvalue weighted by atomic mass is 9.95. The number of carbonyl (C=O) groups is 2. The zero-order valence-electron chi connectivity index (χ0n) is 21.3. The summed E-state index contributed by atoms with van der Waals surface area (Å²) in [6.07, 6.45) is 6.18. The predicted molar refractivity (Wildman–Crippen MR) is 134 cm³/mol. The van der Waals surface area contributed by atoms with Gasteiger partial charge in [-0.1, -0.05) is 13.8 Å². The number of nitrogens with zero attached hydrogens (tertiary/aromatic N) is 1. The number of hydrogen-bond acceptors (Lipinski definition) is 6. The SMILES string of the molecule is CC(C)CC(COc1ccc2c(c1)OCC1=C2CN(NC(=O)C2CC2)C=C1)NC(=O)OC(C)(C)C. The molecule has 190 valence electrons. The summed E-state index contributed by atoms with van der Waals surface area (Å²) in [6.45, 7) is 11.1. The van der Waals surface area contributed by atoms with Crippen LogP contribution >= 0.6 is 0 Å². The van der Waals surface area contributed by atoms with Crippen molar-refractivity contribution in [2.45, 2.75) is 65.5 Å². The van der Waals surface area contributed by atoms with Crippen LogP contribution in [-0.4, -0.2) is 48.4 Å². The van der Waals surface area contributed by atoms with Crippen molar-refractivity contribution in [3.8, 4) is 11.5 Å². The molecule has 0 bridgehead atoms. The van der Waals surface area contributed by atoms with Gasteiger partial charge in [0.05, 0.1) is 12.6 Å². The van der Waals surface area contributed by atoms with Crippen LogP contribution in [0.5, 0.6) is 11.5 Å². The van der Waals surface area contributed by atoms with Crippen LogP contribution in [-0.2, 0) is 9.53 Å². The molecule has 1 aromatic carbocycles. The van der Waals surface area contributed by atoms with E-state index in [4.69, 9.17) is 14.2 Å². The number of carbonyl (C=O) groups excluding carboxylic acids is 2. The van der Waals surface area contributed by atoms with Gasteiger partial charge in [-0.05, 0) is 75.3 Å². The Hall–Kier alpha value is -3.16. The molecule has 1 aromatic rings. The van der Waals surface area contributed by atoms with E-state index < -0.39 is 11.7 Å². The van der Waals surface area contributed by atoms with Crippen molar-refractivity contribution in [2.24, 2.45) is 11.8 Å². The number of benzene rings is 1. The molecule has 2 N–H and O–H groups in total. The smallest absolute Gasteiger partial charge is 0.407 e. The third-order valence-electron chi connectivity index (χ3n) is 5.96. The number of fused-ring (bicyclic) bond motifs is 2. The summed E-state index contributed by atoms with van der Waals surface area (Å²) in [4.78, 5) is 24.4. The predicted octanol–water partition coefficient (Wildman–Crippen LogP) is 4.42. The van der Waals surface area contributed by atoms with E-state index in [9.17, 15) is 9.59 Å². The normalized spacial score (nSPS) is 17.8. The molecule has 1 unspecified atom stereocenters. The minimum atomic E-state index is -0.554. The lowest BCUT2D eigenvalue weighted by Gasteiger charge is -2.31. The van der Waals surface area contributed by atoms with E-state index in [1.165, 1.54) is 0 Å². The maximum atomic E-state index is 12.3. The van der Waals surface area contributed by atoms with Crippen LogP contribution in [0.15, 0.2) is 36.0 Å². The Bertz CT molecular complexity index is 1020. The molecule has 2 amide bonds. The van der Waals surface area contributed by atoms with E-state index in [1.807, 2.05) is 56.3 Å². The molecule has 2 aliphatic heterocycles. The molecular formula is C27H37N3O5. The molecule has 2 heterocycles. The molecular weight excluding hydrogens is 446 g/mol. The van der Waals surface area contributed by atoms with E-state index in [0.717, 1.165) is 41.7 Å². The molecule has 3 aliphatic rings. The van der Waals surface area contributed by atoms with E-state index in [-0.39, 0.29) is 17.9 Å². The van der Waals surface area contributed by atoms with Gasteiger partial charge in [0.25, 0.3) is 0 Å². The van der Waals surface area contributed by atoms with Crippen molar-refractivity contribution in [1.29, 1.82) is 0 Å². The van der Waals surface area contributed by atoms with Crippen molar-refractivity contribution >= 4 is 17.6 Å². The largest absolute Gasteiger partial charge is 0.491 e. The topological polar surface area (TPSA) is 89.1 Å². The molecule has 1 atom stereocenters. The molecule has 0 aromatic heterocycles. The van der Waals surface area contributed by atoms with Crippen LogP contribution in [0.4, 0.5) is 4.79 Å². The van der Waals surface area contributed by atoms with Gasteiger partial charge in [-0.25, -0.2) is 4.79 Å². The average molecular weight is 484 g/mol. The highest BCUT2D eigenvalue weighted by molar-refractivity contribution is 5.82. The lowest BCUT2D eigenvalue weighted by molar-refractivity contribution is -0.125. The number of hydrazine groups is 1. The molecule has 1 aliphatic carbocycles. The third kappa shape index (κ3) is 6.93. The first-order chi connectivity index (χ1) is 16.6. The Labute approximate surface area is 207 Å². The summed E-state index contributed by atoms with van der Waals surface area (Å²) in [6, 6.07) is 5.63. The van der Waals surface area contributed by atoms with E-state index in [2.05, 4.69) is 24.6 Å². The van der Waals surface area contributed by atoms with E-state index in [0.29, 0.717) is 31.4 Å². The highest BCUT2D eigenvalue weighted by Gasteiger charge is 2.31. The lowest BCUT2D eigenvalue weighted by Crippen LogP contribution is -2.42. The monoisotopic (exact) mass is 483 g/mol. The zero-order chi connectivity index (χ0) is 25.2. The minimum absolute atomic E-state index is 0.0886. The van der Waals surface area contributed by atoms with Gasteiger partial charge in [0.2, 0.25) is 5.91 Å². The highest BCUT2D eigenvalue weighted by Crippen LogP contribution is 2.38. The first kappa shape index (κ1) is 24.9. The number of hydrogen-bond donors (Lipinski definition) is 2. The molecule has 1 fully saturated rings. The Morgan fingerprint density at radius 3 is 2.69 bits per heavy atom. The molecule has 4 rings (SSSR count). The van der Waals surface area contributed by atoms with Gasteiger partial charge in [-0.15, -0.1) is 0 Å². The Morgan fingerprint density at radius 2 is 2.00 bits per heavy atom. The Kier molecular flexibility index (Phi) is 7.28. The molecule has 35 heavy (non-hydrogen) atoms. The number of alkyl carbamates (subject to hydrolysis) is 1. The standard InChI is InChI=1S/C27H37N3O5/c1-17(2)12-20(28-26(32)35-27(3,4)5)16-33-21-8-9-22-23-14-30(29-25(31)18-6-7-18)11-10-19(23)15-34-24(22)13-21/h8-11,13,17-18,20H,6-7,12,14-16H2,1-5H3,(H,28,32)(H,29,31). The number of ether oxygens (including phenoxy) is 3. The van der Waals surface area contributed by atoms with E-state index >= 15 is 0 Å². The van der Waals surface area contributed by atoms with Crippen LogP contribution in [0.3, 0.4) is 0 Å². The summed E-state index contributed by atoms with van der Waals surface area (Å²) in [5.41, 5.74) is 5.69. The number of rotatable bonds is 8. The summed E-state index contributed by atoms with van der Waals surface area (Å²) < 4.78 is 17.5. The quantitative estimate of drug-likeness (QED) is 0.569. The second kappa shape index (κ2) is 10.2. The Balaban J connectivity index is 1.39. The van der Waals surface area contributed by atoms with Crippen LogP contribution in [0.25, 0.3) is 5.57 Å². The first-order valence-corrected chi connectivity index (χ1v) is 12.4. The second-order valence-electron chi connectivity index (χ2n) is 10.9. The molecule has 0 spiro atoms. The Morgan fingerprint density at radius 1 is 1.23 bits per heavy atom. The molecule has 0 radical (unpaired) electrons. The summed E-state index contributed by atoms with van der Waals surface area (Å²) >= 11 is 0. The molecule has 8 nitrogen and oxygen atoms in total. The molecule has 8 heteroatoms. The summed E-state index contributed by atoms with van der Waals surface area (Å²) in [5.74, 6) is 2.07. The number of nitrogens with one attached hydrogen (secondary N) is 2. The average Bonchev–Trinajstić information content (AvgIpc) is 3.61. The minimum Gasteiger partial charge on any atom is -0.491 e. The van der Waals surface area contributed by atoms with Gasteiger partial charge in [0, 0.05) is 23.7 Å².